The Hall–Kier alpha value is -1.14. The van der Waals surface area contributed by atoms with Crippen LogP contribution in [0.25, 0.3) is 0 Å². The van der Waals surface area contributed by atoms with Crippen molar-refractivity contribution in [2.75, 3.05) is 11.2 Å². The Morgan fingerprint density at radius 3 is 2.83 bits per heavy atom. The normalized spacial score (nSPS) is 11.1. The number of aromatic nitrogens is 1. The van der Waals surface area contributed by atoms with Crippen molar-refractivity contribution in [3.8, 4) is 0 Å². The molecule has 0 saturated carbocycles. The molecule has 6 heteroatoms. The molecule has 0 unspecified atom stereocenters. The number of pyridine rings is 1. The molecule has 1 heterocycles. The van der Waals surface area contributed by atoms with E-state index in [1.165, 1.54) is 6.20 Å². The molecule has 0 bridgehead atoms. The summed E-state index contributed by atoms with van der Waals surface area (Å²) in [5.41, 5.74) is 0.551. The molecule has 0 aromatic carbocycles. The predicted molar refractivity (Wildman–Crippen MR) is 44.3 cm³/mol. The zero-order valence-electron chi connectivity index (χ0n) is 6.14. The Labute approximate surface area is 70.2 Å². The molecule has 1 rings (SSSR count). The third kappa shape index (κ3) is 3.31. The van der Waals surface area contributed by atoms with E-state index in [1.54, 1.807) is 18.3 Å². The Bertz CT molecular complexity index is 335. The third-order valence-electron chi connectivity index (χ3n) is 1.12. The van der Waals surface area contributed by atoms with Gasteiger partial charge in [-0.05, 0) is 12.1 Å². The summed E-state index contributed by atoms with van der Waals surface area (Å²) in [4.78, 5) is 3.75. The average Bonchev–Trinajstić information content (AvgIpc) is 2.02. The second kappa shape index (κ2) is 3.51. The molecule has 1 aromatic heterocycles. The van der Waals surface area contributed by atoms with Crippen LogP contribution in [-0.4, -0.2) is 23.8 Å². The highest BCUT2D eigenvalue weighted by Crippen LogP contribution is 2.01. The molecule has 5 nitrogen and oxygen atoms in total. The molecule has 1 aromatic rings. The second-order valence-electron chi connectivity index (χ2n) is 2.14. The van der Waals surface area contributed by atoms with Gasteiger partial charge in [0.2, 0.25) is 0 Å². The van der Waals surface area contributed by atoms with Crippen molar-refractivity contribution in [2.24, 2.45) is 0 Å². The number of anilines is 1. The second-order valence-corrected chi connectivity index (χ2v) is 3.60. The number of nitrogens with one attached hydrogen (secondary N) is 1. The van der Waals surface area contributed by atoms with Crippen molar-refractivity contribution in [2.45, 2.75) is 0 Å². The van der Waals surface area contributed by atoms with E-state index in [1.807, 2.05) is 0 Å². The van der Waals surface area contributed by atoms with Crippen molar-refractivity contribution in [1.82, 2.24) is 4.98 Å². The zero-order chi connectivity index (χ0) is 9.03. The molecular weight excluding hydrogens is 180 g/mol. The third-order valence-corrected chi connectivity index (χ3v) is 1.63. The summed E-state index contributed by atoms with van der Waals surface area (Å²) in [6.07, 6.45) is 3.03. The zero-order valence-corrected chi connectivity index (χ0v) is 6.95. The van der Waals surface area contributed by atoms with Crippen molar-refractivity contribution in [3.05, 3.63) is 24.5 Å². The molecule has 0 saturated heterocycles. The first-order chi connectivity index (χ1) is 5.58. The summed E-state index contributed by atoms with van der Waals surface area (Å²) in [6, 6.07) is 3.31. The SMILES string of the molecule is O=S(=O)(O)CNc1cccnc1. The lowest BCUT2D eigenvalue weighted by Gasteiger charge is -2.01. The lowest BCUT2D eigenvalue weighted by Crippen LogP contribution is -2.12. The van der Waals surface area contributed by atoms with Gasteiger partial charge in [-0.3, -0.25) is 9.54 Å². The van der Waals surface area contributed by atoms with Crippen LogP contribution in [0, 0.1) is 0 Å². The minimum Gasteiger partial charge on any atom is -0.368 e. The molecule has 0 aliphatic heterocycles. The van der Waals surface area contributed by atoms with Crippen molar-refractivity contribution < 1.29 is 13.0 Å². The van der Waals surface area contributed by atoms with E-state index < -0.39 is 16.0 Å². The van der Waals surface area contributed by atoms with Gasteiger partial charge in [0.05, 0.1) is 5.69 Å². The monoisotopic (exact) mass is 188 g/mol. The fourth-order valence-corrected chi connectivity index (χ4v) is 0.991. The molecule has 0 amide bonds. The topological polar surface area (TPSA) is 79.3 Å². The van der Waals surface area contributed by atoms with Gasteiger partial charge >= 0.3 is 0 Å². The van der Waals surface area contributed by atoms with Gasteiger partial charge in [0, 0.05) is 12.4 Å². The van der Waals surface area contributed by atoms with Gasteiger partial charge in [-0.25, -0.2) is 0 Å². The lowest BCUT2D eigenvalue weighted by atomic mass is 10.4. The molecule has 0 aliphatic rings. The van der Waals surface area contributed by atoms with Crippen LogP contribution in [-0.2, 0) is 10.1 Å². The van der Waals surface area contributed by atoms with Crippen LogP contribution < -0.4 is 5.32 Å². The Morgan fingerprint density at radius 2 is 2.33 bits per heavy atom. The first-order valence-electron chi connectivity index (χ1n) is 3.17. The Balaban J connectivity index is 2.56. The highest BCUT2D eigenvalue weighted by Gasteiger charge is 2.02. The van der Waals surface area contributed by atoms with Gasteiger partial charge in [-0.1, -0.05) is 0 Å². The smallest absolute Gasteiger partial charge is 0.283 e. The van der Waals surface area contributed by atoms with Crippen LogP contribution in [0.5, 0.6) is 0 Å². The summed E-state index contributed by atoms with van der Waals surface area (Å²) in [7, 11) is -3.96. The fraction of sp³-hybridized carbons (Fsp3) is 0.167. The number of nitrogens with zero attached hydrogens (tertiary/aromatic N) is 1. The lowest BCUT2D eigenvalue weighted by molar-refractivity contribution is 0.485. The molecule has 0 aliphatic carbocycles. The van der Waals surface area contributed by atoms with Crippen LogP contribution in [0.2, 0.25) is 0 Å². The van der Waals surface area contributed by atoms with Gasteiger partial charge in [0.1, 0.15) is 5.88 Å². The van der Waals surface area contributed by atoms with Crippen molar-refractivity contribution in [3.63, 3.8) is 0 Å². The van der Waals surface area contributed by atoms with E-state index in [2.05, 4.69) is 10.3 Å². The van der Waals surface area contributed by atoms with Crippen molar-refractivity contribution >= 4 is 15.8 Å². The number of hydrogen-bond donors (Lipinski definition) is 2. The van der Waals surface area contributed by atoms with Gasteiger partial charge in [0.15, 0.2) is 0 Å². The predicted octanol–water partition coefficient (Wildman–Crippen LogP) is 0.339. The van der Waals surface area contributed by atoms with Gasteiger partial charge in [-0.2, -0.15) is 8.42 Å². The van der Waals surface area contributed by atoms with Crippen molar-refractivity contribution in [1.29, 1.82) is 0 Å². The molecule has 0 atom stereocenters. The van der Waals surface area contributed by atoms with Gasteiger partial charge in [0.25, 0.3) is 10.1 Å². The summed E-state index contributed by atoms with van der Waals surface area (Å²) < 4.78 is 28.9. The van der Waals surface area contributed by atoms with E-state index in [0.29, 0.717) is 5.69 Å². The van der Waals surface area contributed by atoms with Crippen LogP contribution in [0.15, 0.2) is 24.5 Å². The summed E-state index contributed by atoms with van der Waals surface area (Å²) in [5, 5.41) is 2.48. The summed E-state index contributed by atoms with van der Waals surface area (Å²) in [6.45, 7) is 0. The molecular formula is C6H8N2O3S. The molecule has 2 N–H and O–H groups in total. The maximum Gasteiger partial charge on any atom is 0.283 e. The molecule has 0 fully saturated rings. The maximum atomic E-state index is 10.3. The van der Waals surface area contributed by atoms with E-state index in [-0.39, 0.29) is 0 Å². The molecule has 0 radical (unpaired) electrons. The standard InChI is InChI=1S/C6H8N2O3S/c9-12(10,11)5-8-6-2-1-3-7-4-6/h1-4,8H,5H2,(H,9,10,11). The first kappa shape index (κ1) is 8.95. The van der Waals surface area contributed by atoms with Gasteiger partial charge in [-0.15, -0.1) is 0 Å². The fourth-order valence-electron chi connectivity index (χ4n) is 0.642. The summed E-state index contributed by atoms with van der Waals surface area (Å²) in [5.74, 6) is -0.501. The molecule has 0 spiro atoms. The van der Waals surface area contributed by atoms with E-state index in [9.17, 15) is 8.42 Å². The number of hydrogen-bond acceptors (Lipinski definition) is 4. The largest absolute Gasteiger partial charge is 0.368 e. The highest BCUT2D eigenvalue weighted by atomic mass is 32.2. The first-order valence-corrected chi connectivity index (χ1v) is 4.78. The Morgan fingerprint density at radius 1 is 1.58 bits per heavy atom. The van der Waals surface area contributed by atoms with Crippen LogP contribution >= 0.6 is 0 Å². The van der Waals surface area contributed by atoms with Crippen LogP contribution in [0.4, 0.5) is 5.69 Å². The molecule has 12 heavy (non-hydrogen) atoms. The van der Waals surface area contributed by atoms with E-state index in [0.717, 1.165) is 0 Å². The van der Waals surface area contributed by atoms with E-state index >= 15 is 0 Å². The van der Waals surface area contributed by atoms with Gasteiger partial charge < -0.3 is 5.32 Å². The minimum atomic E-state index is -3.96. The van der Waals surface area contributed by atoms with Crippen LogP contribution in [0.3, 0.4) is 0 Å². The van der Waals surface area contributed by atoms with E-state index in [4.69, 9.17) is 4.55 Å². The maximum absolute atomic E-state index is 10.3. The highest BCUT2D eigenvalue weighted by molar-refractivity contribution is 7.85. The van der Waals surface area contributed by atoms with Crippen LogP contribution in [0.1, 0.15) is 0 Å². The summed E-state index contributed by atoms with van der Waals surface area (Å²) >= 11 is 0. The quantitative estimate of drug-likeness (QED) is 0.668. The number of rotatable bonds is 3. The average molecular weight is 188 g/mol. The Kier molecular flexibility index (Phi) is 2.61. The minimum absolute atomic E-state index is 0.501. The molecule has 66 valence electrons.